The molecule has 5 aromatic carbocycles. The molecule has 0 aromatic heterocycles. The van der Waals surface area contributed by atoms with Gasteiger partial charge in [0.25, 0.3) is 0 Å². The number of ether oxygens (including phenoxy) is 7. The van der Waals surface area contributed by atoms with E-state index in [9.17, 15) is 14.4 Å². The Balaban J connectivity index is 1.29. The van der Waals surface area contributed by atoms with E-state index in [0.717, 1.165) is 0 Å². The van der Waals surface area contributed by atoms with Crippen molar-refractivity contribution >= 4 is 17.9 Å². The zero-order valence-electron chi connectivity index (χ0n) is 28.0. The predicted octanol–water partition coefficient (Wildman–Crippen LogP) is 6.89. The Morgan fingerprint density at radius 2 is 0.788 bits per heavy atom. The lowest BCUT2D eigenvalue weighted by molar-refractivity contribution is -0.317. The fraction of sp³-hybridized carbons (Fsp3) is 0.214. The molecule has 7 atom stereocenters. The van der Waals surface area contributed by atoms with Crippen LogP contribution in [0.15, 0.2) is 152 Å². The second kappa shape index (κ2) is 16.6. The van der Waals surface area contributed by atoms with Gasteiger partial charge in [0.15, 0.2) is 30.9 Å². The largest absolute Gasteiger partial charge is 0.453 e. The van der Waals surface area contributed by atoms with Crippen LogP contribution >= 0.6 is 0 Å². The molecule has 2 heterocycles. The molecule has 2 aliphatic heterocycles. The summed E-state index contributed by atoms with van der Waals surface area (Å²) in [6, 6.07) is 43.9. The highest BCUT2D eigenvalue weighted by molar-refractivity contribution is 5.90. The molecule has 0 saturated carbocycles. The topological polar surface area (TPSA) is 116 Å². The molecule has 2 aliphatic rings. The first-order valence-corrected chi connectivity index (χ1v) is 17.0. The number of carbonyl (C=O) groups is 3. The van der Waals surface area contributed by atoms with E-state index in [-0.39, 0.29) is 18.8 Å². The van der Waals surface area contributed by atoms with E-state index in [1.807, 2.05) is 60.7 Å². The molecule has 0 spiro atoms. The van der Waals surface area contributed by atoms with Crippen molar-refractivity contribution in [3.8, 4) is 0 Å². The quantitative estimate of drug-likeness (QED) is 0.113. The van der Waals surface area contributed by atoms with Crippen LogP contribution in [0.4, 0.5) is 0 Å². The molecule has 0 amide bonds. The summed E-state index contributed by atoms with van der Waals surface area (Å²) in [5.41, 5.74) is 2.27. The summed E-state index contributed by atoms with van der Waals surface area (Å²) in [5, 5.41) is 0. The molecule has 0 aliphatic carbocycles. The summed E-state index contributed by atoms with van der Waals surface area (Å²) in [6.07, 6.45) is -7.69. The van der Waals surface area contributed by atoms with Crippen molar-refractivity contribution < 1.29 is 47.5 Å². The van der Waals surface area contributed by atoms with Gasteiger partial charge < -0.3 is 33.2 Å². The molecule has 0 bridgehead atoms. The summed E-state index contributed by atoms with van der Waals surface area (Å²) in [7, 11) is 0. The molecule has 264 valence electrons. The van der Waals surface area contributed by atoms with Gasteiger partial charge in [-0.05, 0) is 36.4 Å². The van der Waals surface area contributed by atoms with Crippen LogP contribution in [0.5, 0.6) is 0 Å². The molecule has 5 aromatic rings. The minimum absolute atomic E-state index is 0.109. The first kappa shape index (κ1) is 34.8. The second-order valence-electron chi connectivity index (χ2n) is 12.2. The Labute approximate surface area is 300 Å². The summed E-state index contributed by atoms with van der Waals surface area (Å²) < 4.78 is 43.9. The maximum Gasteiger partial charge on any atom is 0.338 e. The Bertz CT molecular complexity index is 1790. The fourth-order valence-corrected chi connectivity index (χ4v) is 6.09. The van der Waals surface area contributed by atoms with Gasteiger partial charge in [0, 0.05) is 11.1 Å². The highest BCUT2D eigenvalue weighted by Crippen LogP contribution is 2.37. The molecule has 10 heteroatoms. The minimum Gasteiger partial charge on any atom is -0.453 e. The van der Waals surface area contributed by atoms with E-state index in [2.05, 4.69) is 0 Å². The first-order valence-electron chi connectivity index (χ1n) is 17.0. The standard InChI is InChI=1S/C42H36O10/c43-38(28-16-6-1-7-17-28)48-33-26-46-41(31-22-12-4-13-23-31)51-35(33)37(50-40(45)30-20-10-3-11-21-30)36-34(49-39(44)29-18-8-2-9-19-29)27-47-42(52-36)32-24-14-5-15-25-32/h1-25,33-37,41-42H,26-27H2/t33-,34+,35+,36-,37?,41+,42-. The summed E-state index contributed by atoms with van der Waals surface area (Å²) in [6.45, 7) is -0.218. The predicted molar refractivity (Wildman–Crippen MR) is 187 cm³/mol. The lowest BCUT2D eigenvalue weighted by Crippen LogP contribution is -2.60. The Kier molecular flexibility index (Phi) is 11.1. The van der Waals surface area contributed by atoms with Gasteiger partial charge in [-0.15, -0.1) is 0 Å². The Hall–Kier alpha value is -5.65. The van der Waals surface area contributed by atoms with E-state index in [1.54, 1.807) is 91.0 Å². The van der Waals surface area contributed by atoms with E-state index < -0.39 is 61.0 Å². The van der Waals surface area contributed by atoms with E-state index >= 15 is 0 Å². The summed E-state index contributed by atoms with van der Waals surface area (Å²) in [4.78, 5) is 40.9. The van der Waals surface area contributed by atoms with Crippen molar-refractivity contribution in [3.05, 3.63) is 179 Å². The highest BCUT2D eigenvalue weighted by atomic mass is 16.7. The maximum atomic E-state index is 13.9. The SMILES string of the molecule is O=C(OC([C@H]1O[C@@H](c2ccccc2)OC[C@H]1OC(=O)c1ccccc1)[C@@H]1O[C@H](c2ccccc2)OC[C@@H]1OC(=O)c1ccccc1)c1ccccc1. The second-order valence-corrected chi connectivity index (χ2v) is 12.2. The monoisotopic (exact) mass is 700 g/mol. The fourth-order valence-electron chi connectivity index (χ4n) is 6.09. The third-order valence-corrected chi connectivity index (χ3v) is 8.70. The maximum absolute atomic E-state index is 13.9. The van der Waals surface area contributed by atoms with Crippen molar-refractivity contribution in [1.82, 2.24) is 0 Å². The number of rotatable bonds is 10. The van der Waals surface area contributed by atoms with Gasteiger partial charge in [-0.25, -0.2) is 14.4 Å². The number of hydrogen-bond acceptors (Lipinski definition) is 10. The van der Waals surface area contributed by atoms with Crippen LogP contribution in [0.3, 0.4) is 0 Å². The van der Waals surface area contributed by atoms with Crippen LogP contribution in [-0.2, 0) is 33.2 Å². The molecule has 2 fully saturated rings. The van der Waals surface area contributed by atoms with Crippen molar-refractivity contribution in [3.63, 3.8) is 0 Å². The molecule has 2 saturated heterocycles. The molecular formula is C42H36O10. The van der Waals surface area contributed by atoms with Crippen LogP contribution < -0.4 is 0 Å². The first-order chi connectivity index (χ1) is 25.5. The normalized spacial score (nSPS) is 23.5. The summed E-state index contributed by atoms with van der Waals surface area (Å²) in [5.74, 6) is -1.95. The molecule has 7 rings (SSSR count). The average Bonchev–Trinajstić information content (AvgIpc) is 3.22. The third kappa shape index (κ3) is 8.28. The number of carbonyl (C=O) groups excluding carboxylic acids is 3. The molecule has 52 heavy (non-hydrogen) atoms. The van der Waals surface area contributed by atoms with E-state index in [4.69, 9.17) is 33.2 Å². The Morgan fingerprint density at radius 1 is 0.462 bits per heavy atom. The van der Waals surface area contributed by atoms with Gasteiger partial charge in [0.1, 0.15) is 12.2 Å². The van der Waals surface area contributed by atoms with Gasteiger partial charge in [0.05, 0.1) is 29.9 Å². The highest BCUT2D eigenvalue weighted by Gasteiger charge is 2.51. The van der Waals surface area contributed by atoms with Crippen LogP contribution in [0.2, 0.25) is 0 Å². The average molecular weight is 701 g/mol. The van der Waals surface area contributed by atoms with Crippen LogP contribution in [0.1, 0.15) is 54.8 Å². The van der Waals surface area contributed by atoms with Crippen molar-refractivity contribution in [1.29, 1.82) is 0 Å². The van der Waals surface area contributed by atoms with Crippen LogP contribution in [-0.4, -0.2) is 61.6 Å². The lowest BCUT2D eigenvalue weighted by Gasteiger charge is -2.45. The van der Waals surface area contributed by atoms with Crippen molar-refractivity contribution in [2.75, 3.05) is 13.2 Å². The molecule has 0 N–H and O–H groups in total. The number of esters is 3. The van der Waals surface area contributed by atoms with Gasteiger partial charge in [0.2, 0.25) is 0 Å². The number of benzene rings is 5. The van der Waals surface area contributed by atoms with Crippen molar-refractivity contribution in [2.45, 2.75) is 43.1 Å². The molecule has 1 unspecified atom stereocenters. The lowest BCUT2D eigenvalue weighted by atomic mass is 9.96. The van der Waals surface area contributed by atoms with Crippen molar-refractivity contribution in [2.24, 2.45) is 0 Å². The molecule has 0 radical (unpaired) electrons. The van der Waals surface area contributed by atoms with Crippen LogP contribution in [0, 0.1) is 0 Å². The van der Waals surface area contributed by atoms with E-state index in [0.29, 0.717) is 22.3 Å². The minimum atomic E-state index is -1.32. The van der Waals surface area contributed by atoms with Crippen LogP contribution in [0.25, 0.3) is 0 Å². The zero-order chi connectivity index (χ0) is 35.7. The smallest absolute Gasteiger partial charge is 0.338 e. The number of hydrogen-bond donors (Lipinski definition) is 0. The summed E-state index contributed by atoms with van der Waals surface area (Å²) >= 11 is 0. The Morgan fingerprint density at radius 3 is 1.15 bits per heavy atom. The molecule has 10 nitrogen and oxygen atoms in total. The molecular weight excluding hydrogens is 664 g/mol. The third-order valence-electron chi connectivity index (χ3n) is 8.70. The van der Waals surface area contributed by atoms with Gasteiger partial charge in [-0.1, -0.05) is 115 Å². The van der Waals surface area contributed by atoms with Gasteiger partial charge in [-0.3, -0.25) is 0 Å². The van der Waals surface area contributed by atoms with Gasteiger partial charge in [-0.2, -0.15) is 0 Å². The van der Waals surface area contributed by atoms with Gasteiger partial charge >= 0.3 is 17.9 Å². The zero-order valence-corrected chi connectivity index (χ0v) is 28.0. The van der Waals surface area contributed by atoms with E-state index in [1.165, 1.54) is 0 Å².